The molecular formula is C25H28N2O3S. The van der Waals surface area contributed by atoms with Crippen LogP contribution in [0.15, 0.2) is 78.9 Å². The van der Waals surface area contributed by atoms with Crippen LogP contribution in [0.1, 0.15) is 41.3 Å². The molecule has 0 bridgehead atoms. The van der Waals surface area contributed by atoms with Crippen molar-refractivity contribution < 1.29 is 13.2 Å². The fourth-order valence-corrected chi connectivity index (χ4v) is 4.15. The lowest BCUT2D eigenvalue weighted by atomic mass is 10.1. The fourth-order valence-electron chi connectivity index (χ4n) is 3.26. The van der Waals surface area contributed by atoms with E-state index in [0.717, 1.165) is 30.5 Å². The van der Waals surface area contributed by atoms with Gasteiger partial charge in [-0.15, -0.1) is 0 Å². The number of anilines is 2. The number of hydrogen-bond acceptors (Lipinski definition) is 3. The number of benzene rings is 3. The molecule has 162 valence electrons. The van der Waals surface area contributed by atoms with Gasteiger partial charge in [0, 0.05) is 11.3 Å². The Hall–Kier alpha value is -3.12. The molecule has 31 heavy (non-hydrogen) atoms. The predicted octanol–water partition coefficient (Wildman–Crippen LogP) is 5.25. The van der Waals surface area contributed by atoms with Crippen LogP contribution >= 0.6 is 0 Å². The molecule has 6 heteroatoms. The van der Waals surface area contributed by atoms with Crippen LogP contribution in [0.3, 0.4) is 0 Å². The van der Waals surface area contributed by atoms with Gasteiger partial charge in [0.05, 0.1) is 18.5 Å². The minimum Gasteiger partial charge on any atom is -0.322 e. The summed E-state index contributed by atoms with van der Waals surface area (Å²) in [4.78, 5) is 12.6. The molecule has 0 aliphatic carbocycles. The van der Waals surface area contributed by atoms with Crippen molar-refractivity contribution in [2.75, 3.05) is 15.9 Å². The first-order valence-corrected chi connectivity index (χ1v) is 12.2. The summed E-state index contributed by atoms with van der Waals surface area (Å²) in [6.07, 6.45) is 4.54. The predicted molar refractivity (Wildman–Crippen MR) is 127 cm³/mol. The zero-order chi connectivity index (χ0) is 22.3. The number of sulfonamides is 1. The lowest BCUT2D eigenvalue weighted by Crippen LogP contribution is -2.29. The van der Waals surface area contributed by atoms with Crippen LogP contribution in [0, 0.1) is 0 Å². The summed E-state index contributed by atoms with van der Waals surface area (Å²) in [6, 6.07) is 23.9. The summed E-state index contributed by atoms with van der Waals surface area (Å²) in [7, 11) is -3.44. The van der Waals surface area contributed by atoms with Crippen molar-refractivity contribution in [2.24, 2.45) is 0 Å². The number of aryl methyl sites for hydroxylation is 1. The van der Waals surface area contributed by atoms with E-state index in [9.17, 15) is 13.2 Å². The van der Waals surface area contributed by atoms with E-state index in [0.29, 0.717) is 11.3 Å². The van der Waals surface area contributed by atoms with Crippen LogP contribution in [-0.4, -0.2) is 20.6 Å². The number of para-hydroxylation sites is 1. The quantitative estimate of drug-likeness (QED) is 0.498. The molecule has 0 fully saturated rings. The van der Waals surface area contributed by atoms with Crippen molar-refractivity contribution in [3.63, 3.8) is 0 Å². The number of hydrogen-bond donors (Lipinski definition) is 1. The fraction of sp³-hybridized carbons (Fsp3) is 0.240. The van der Waals surface area contributed by atoms with Crippen LogP contribution in [0.4, 0.5) is 11.4 Å². The second kappa shape index (κ2) is 10.3. The highest BCUT2D eigenvalue weighted by molar-refractivity contribution is 7.92. The van der Waals surface area contributed by atoms with Gasteiger partial charge in [-0.3, -0.25) is 9.10 Å². The van der Waals surface area contributed by atoms with Crippen LogP contribution in [0.2, 0.25) is 0 Å². The molecule has 0 saturated carbocycles. The molecule has 0 heterocycles. The maximum atomic E-state index is 12.6. The average Bonchev–Trinajstić information content (AvgIpc) is 2.77. The molecule has 1 amide bonds. The van der Waals surface area contributed by atoms with Gasteiger partial charge in [0.1, 0.15) is 0 Å². The summed E-state index contributed by atoms with van der Waals surface area (Å²) in [5, 5.41) is 2.91. The Bertz CT molecular complexity index is 1090. The van der Waals surface area contributed by atoms with E-state index in [4.69, 9.17) is 0 Å². The van der Waals surface area contributed by atoms with E-state index in [1.54, 1.807) is 48.5 Å². The van der Waals surface area contributed by atoms with Gasteiger partial charge < -0.3 is 5.32 Å². The van der Waals surface area contributed by atoms with Crippen LogP contribution in [0.25, 0.3) is 0 Å². The summed E-state index contributed by atoms with van der Waals surface area (Å²) in [6.45, 7) is 2.37. The third-order valence-corrected chi connectivity index (χ3v) is 6.16. The van der Waals surface area contributed by atoms with Crippen molar-refractivity contribution >= 4 is 27.3 Å². The molecule has 0 atom stereocenters. The van der Waals surface area contributed by atoms with Crippen LogP contribution in [0.5, 0.6) is 0 Å². The minimum atomic E-state index is -3.44. The molecule has 1 N–H and O–H groups in total. The average molecular weight is 437 g/mol. The lowest BCUT2D eigenvalue weighted by molar-refractivity contribution is 0.102. The monoisotopic (exact) mass is 436 g/mol. The Labute approximate surface area is 184 Å². The Kier molecular flexibility index (Phi) is 7.47. The third-order valence-electron chi connectivity index (χ3n) is 5.02. The Morgan fingerprint density at radius 1 is 0.871 bits per heavy atom. The summed E-state index contributed by atoms with van der Waals surface area (Å²) in [5.41, 5.74) is 3.93. The number of unbranched alkanes of at least 4 members (excludes halogenated alkanes) is 1. The Balaban J connectivity index is 1.67. The van der Waals surface area contributed by atoms with Gasteiger partial charge in [0.2, 0.25) is 10.0 Å². The van der Waals surface area contributed by atoms with Gasteiger partial charge >= 0.3 is 0 Å². The first-order chi connectivity index (χ1) is 14.9. The number of rotatable bonds is 9. The minimum absolute atomic E-state index is 0.198. The van der Waals surface area contributed by atoms with Crippen LogP contribution in [-0.2, 0) is 23.0 Å². The molecule has 3 aromatic carbocycles. The van der Waals surface area contributed by atoms with Gasteiger partial charge in [-0.05, 0) is 60.4 Å². The van der Waals surface area contributed by atoms with E-state index in [-0.39, 0.29) is 12.5 Å². The van der Waals surface area contributed by atoms with E-state index in [1.807, 2.05) is 30.3 Å². The van der Waals surface area contributed by atoms with E-state index >= 15 is 0 Å². The molecular weight excluding hydrogens is 408 g/mol. The van der Waals surface area contributed by atoms with E-state index in [1.165, 1.54) is 16.1 Å². The smallest absolute Gasteiger partial charge is 0.255 e. The summed E-state index contributed by atoms with van der Waals surface area (Å²) in [5.74, 6) is -0.198. The molecule has 0 unspecified atom stereocenters. The van der Waals surface area contributed by atoms with Crippen molar-refractivity contribution in [1.29, 1.82) is 0 Å². The molecule has 3 rings (SSSR count). The molecule has 0 aromatic heterocycles. The number of carbonyl (C=O) groups excluding carboxylic acids is 1. The number of amides is 1. The zero-order valence-corrected chi connectivity index (χ0v) is 18.7. The molecule has 5 nitrogen and oxygen atoms in total. The Morgan fingerprint density at radius 3 is 2.06 bits per heavy atom. The number of nitrogens with one attached hydrogen (secondary N) is 1. The molecule has 0 saturated heterocycles. The summed E-state index contributed by atoms with van der Waals surface area (Å²) >= 11 is 0. The molecule has 0 aliphatic rings. The topological polar surface area (TPSA) is 66.5 Å². The highest BCUT2D eigenvalue weighted by Gasteiger charge is 2.17. The van der Waals surface area contributed by atoms with Crippen molar-refractivity contribution in [2.45, 2.75) is 32.7 Å². The van der Waals surface area contributed by atoms with Gasteiger partial charge in [0.25, 0.3) is 5.91 Å². The SMILES string of the molecule is CCCCc1ccc(NC(=O)c2ccc(CN(c3ccccc3)S(C)(=O)=O)cc2)cc1. The third kappa shape index (κ3) is 6.43. The highest BCUT2D eigenvalue weighted by atomic mass is 32.2. The van der Waals surface area contributed by atoms with Gasteiger partial charge in [-0.25, -0.2) is 8.42 Å². The number of carbonyl (C=O) groups is 1. The first kappa shape index (κ1) is 22.6. The largest absolute Gasteiger partial charge is 0.322 e. The number of nitrogens with zero attached hydrogens (tertiary/aromatic N) is 1. The maximum absolute atomic E-state index is 12.6. The van der Waals surface area contributed by atoms with Gasteiger partial charge in [-0.1, -0.05) is 55.8 Å². The Morgan fingerprint density at radius 2 is 1.48 bits per heavy atom. The second-order valence-corrected chi connectivity index (χ2v) is 9.46. The normalized spacial score (nSPS) is 11.2. The van der Waals surface area contributed by atoms with Crippen molar-refractivity contribution in [3.05, 3.63) is 95.6 Å². The zero-order valence-electron chi connectivity index (χ0n) is 17.9. The van der Waals surface area contributed by atoms with Crippen LogP contribution < -0.4 is 9.62 Å². The second-order valence-electron chi connectivity index (χ2n) is 7.56. The highest BCUT2D eigenvalue weighted by Crippen LogP contribution is 2.20. The maximum Gasteiger partial charge on any atom is 0.255 e. The van der Waals surface area contributed by atoms with Crippen molar-refractivity contribution in [1.82, 2.24) is 0 Å². The van der Waals surface area contributed by atoms with Crippen molar-refractivity contribution in [3.8, 4) is 0 Å². The lowest BCUT2D eigenvalue weighted by Gasteiger charge is -2.22. The van der Waals surface area contributed by atoms with Gasteiger partial charge in [-0.2, -0.15) is 0 Å². The molecule has 0 aliphatic heterocycles. The van der Waals surface area contributed by atoms with E-state index < -0.39 is 10.0 Å². The van der Waals surface area contributed by atoms with Gasteiger partial charge in [0.15, 0.2) is 0 Å². The summed E-state index contributed by atoms with van der Waals surface area (Å²) < 4.78 is 25.9. The standard InChI is InChI=1S/C25H28N2O3S/c1-3-4-8-20-13-17-23(18-14-20)26-25(28)22-15-11-21(12-16-22)19-27(31(2,29)30)24-9-6-5-7-10-24/h5-7,9-18H,3-4,8,19H2,1-2H3,(H,26,28). The molecule has 0 spiro atoms. The molecule has 3 aromatic rings. The molecule has 0 radical (unpaired) electrons. The first-order valence-electron chi connectivity index (χ1n) is 10.4. The van der Waals surface area contributed by atoms with E-state index in [2.05, 4.69) is 12.2 Å².